The fourth-order valence-electron chi connectivity index (χ4n) is 1.37. The van der Waals surface area contributed by atoms with Crippen LogP contribution >= 0.6 is 0 Å². The van der Waals surface area contributed by atoms with E-state index in [9.17, 15) is 13.2 Å². The zero-order chi connectivity index (χ0) is 15.2. The summed E-state index contributed by atoms with van der Waals surface area (Å²) in [6.45, 7) is 4.15. The molecular formula is C11H17NO7S. The van der Waals surface area contributed by atoms with Crippen molar-refractivity contribution in [3.05, 3.63) is 17.9 Å². The van der Waals surface area contributed by atoms with Gasteiger partial charge in [0.1, 0.15) is 0 Å². The third-order valence-electron chi connectivity index (χ3n) is 2.20. The van der Waals surface area contributed by atoms with E-state index in [0.29, 0.717) is 13.2 Å². The summed E-state index contributed by atoms with van der Waals surface area (Å²) < 4.78 is 41.1. The van der Waals surface area contributed by atoms with Crippen LogP contribution in [0.15, 0.2) is 21.6 Å². The minimum absolute atomic E-state index is 0.104. The average molecular weight is 307 g/mol. The Hall–Kier alpha value is -1.42. The quantitative estimate of drug-likeness (QED) is 0.644. The number of rotatable bonds is 9. The molecule has 1 heterocycles. The summed E-state index contributed by atoms with van der Waals surface area (Å²) in [5.74, 6) is -1.79. The molecule has 20 heavy (non-hydrogen) atoms. The van der Waals surface area contributed by atoms with Gasteiger partial charge in [0.2, 0.25) is 10.9 Å². The summed E-state index contributed by atoms with van der Waals surface area (Å²) in [5, 5.41) is 8.20. The molecule has 0 aliphatic carbocycles. The molecule has 8 nitrogen and oxygen atoms in total. The molecule has 0 aliphatic heterocycles. The van der Waals surface area contributed by atoms with E-state index in [-0.39, 0.29) is 6.54 Å². The number of carboxylic acid groups (broad SMARTS) is 1. The fraction of sp³-hybridized carbons (Fsp3) is 0.545. The molecule has 0 amide bonds. The van der Waals surface area contributed by atoms with Gasteiger partial charge >= 0.3 is 5.97 Å². The highest BCUT2D eigenvalue weighted by Crippen LogP contribution is 2.13. The van der Waals surface area contributed by atoms with Gasteiger partial charge in [0.05, 0.1) is 6.54 Å². The van der Waals surface area contributed by atoms with Crippen LogP contribution in [0.1, 0.15) is 24.4 Å². The van der Waals surface area contributed by atoms with Crippen molar-refractivity contribution in [1.82, 2.24) is 4.72 Å². The Morgan fingerprint density at radius 3 is 2.40 bits per heavy atom. The topological polar surface area (TPSA) is 115 Å². The Balaban J connectivity index is 2.70. The van der Waals surface area contributed by atoms with Crippen LogP contribution in [0.4, 0.5) is 0 Å². The summed E-state index contributed by atoms with van der Waals surface area (Å²) in [4.78, 5) is 10.6. The second-order valence-corrected chi connectivity index (χ2v) is 5.31. The molecule has 0 saturated carbocycles. The van der Waals surface area contributed by atoms with Gasteiger partial charge in [0, 0.05) is 13.2 Å². The van der Waals surface area contributed by atoms with Crippen molar-refractivity contribution in [2.24, 2.45) is 0 Å². The highest BCUT2D eigenvalue weighted by atomic mass is 32.2. The maximum atomic E-state index is 11.9. The lowest BCUT2D eigenvalue weighted by Gasteiger charge is -2.16. The van der Waals surface area contributed by atoms with E-state index in [1.54, 1.807) is 13.8 Å². The molecule has 0 radical (unpaired) electrons. The Kier molecular flexibility index (Phi) is 6.14. The Labute approximate surface area is 116 Å². The number of hydrogen-bond donors (Lipinski definition) is 2. The molecule has 1 rings (SSSR count). The van der Waals surface area contributed by atoms with Gasteiger partial charge < -0.3 is 19.0 Å². The number of carbonyl (C=O) groups is 1. The minimum Gasteiger partial charge on any atom is -0.475 e. The molecule has 2 N–H and O–H groups in total. The smallest absolute Gasteiger partial charge is 0.371 e. The first kappa shape index (κ1) is 16.6. The average Bonchev–Trinajstić information content (AvgIpc) is 2.87. The third-order valence-corrected chi connectivity index (χ3v) is 3.50. The number of hydrogen-bond acceptors (Lipinski definition) is 6. The highest BCUT2D eigenvalue weighted by molar-refractivity contribution is 7.89. The van der Waals surface area contributed by atoms with Gasteiger partial charge in [-0.05, 0) is 26.0 Å². The lowest BCUT2D eigenvalue weighted by Crippen LogP contribution is -2.35. The van der Waals surface area contributed by atoms with Crippen LogP contribution in [0, 0.1) is 0 Å². The van der Waals surface area contributed by atoms with Gasteiger partial charge in [0.15, 0.2) is 6.29 Å². The third kappa shape index (κ3) is 4.60. The number of aromatic carboxylic acids is 1. The van der Waals surface area contributed by atoms with Crippen LogP contribution < -0.4 is 4.72 Å². The summed E-state index contributed by atoms with van der Waals surface area (Å²) in [6, 6.07) is 2.14. The number of nitrogens with one attached hydrogen (secondary N) is 1. The lowest BCUT2D eigenvalue weighted by atomic mass is 10.5. The number of carboxylic acids is 1. The molecule has 0 spiro atoms. The molecule has 114 valence electrons. The number of ether oxygens (including phenoxy) is 2. The van der Waals surface area contributed by atoms with E-state index in [4.69, 9.17) is 19.0 Å². The van der Waals surface area contributed by atoms with E-state index in [2.05, 4.69) is 4.72 Å². The Morgan fingerprint density at radius 1 is 1.35 bits per heavy atom. The van der Waals surface area contributed by atoms with E-state index >= 15 is 0 Å². The van der Waals surface area contributed by atoms with Crippen LogP contribution in [0.3, 0.4) is 0 Å². The van der Waals surface area contributed by atoms with Gasteiger partial charge in [-0.3, -0.25) is 0 Å². The van der Waals surface area contributed by atoms with Crippen molar-refractivity contribution < 1.29 is 32.2 Å². The SMILES string of the molecule is CCOC(CNS(=O)(=O)c1ccc(C(=O)O)o1)OCC. The second kappa shape index (κ2) is 7.39. The first-order chi connectivity index (χ1) is 9.40. The van der Waals surface area contributed by atoms with Crippen molar-refractivity contribution in [2.75, 3.05) is 19.8 Å². The van der Waals surface area contributed by atoms with E-state index < -0.39 is 33.1 Å². The maximum absolute atomic E-state index is 11.9. The van der Waals surface area contributed by atoms with Crippen LogP contribution in [0.2, 0.25) is 0 Å². The van der Waals surface area contributed by atoms with Gasteiger partial charge in [-0.15, -0.1) is 0 Å². The zero-order valence-corrected chi connectivity index (χ0v) is 12.0. The molecule has 9 heteroatoms. The van der Waals surface area contributed by atoms with Crippen LogP contribution in [0.25, 0.3) is 0 Å². The molecule has 0 unspecified atom stereocenters. The predicted octanol–water partition coefficient (Wildman–Crippen LogP) is 0.655. The van der Waals surface area contributed by atoms with Crippen molar-refractivity contribution in [1.29, 1.82) is 0 Å². The molecule has 0 saturated heterocycles. The first-order valence-corrected chi connectivity index (χ1v) is 7.45. The monoisotopic (exact) mass is 307 g/mol. The molecule has 0 aliphatic rings. The van der Waals surface area contributed by atoms with Crippen LogP contribution in [-0.4, -0.2) is 45.5 Å². The van der Waals surface area contributed by atoms with Crippen LogP contribution in [0.5, 0.6) is 0 Å². The normalized spacial score (nSPS) is 11.9. The maximum Gasteiger partial charge on any atom is 0.371 e. The van der Waals surface area contributed by atoms with Crippen molar-refractivity contribution in [3.8, 4) is 0 Å². The summed E-state index contributed by atoms with van der Waals surface area (Å²) in [7, 11) is -3.94. The standard InChI is InChI=1S/C11H17NO7S/c1-3-17-9(18-4-2)7-12-20(15,16)10-6-5-8(19-10)11(13)14/h5-6,9,12H,3-4,7H2,1-2H3,(H,13,14). The summed E-state index contributed by atoms with van der Waals surface area (Å²) in [6.07, 6.45) is -0.714. The van der Waals surface area contributed by atoms with E-state index in [1.165, 1.54) is 0 Å². The van der Waals surface area contributed by atoms with Crippen molar-refractivity contribution >= 4 is 16.0 Å². The van der Waals surface area contributed by atoms with Gasteiger partial charge in [0.25, 0.3) is 10.0 Å². The predicted molar refractivity (Wildman–Crippen MR) is 67.9 cm³/mol. The van der Waals surface area contributed by atoms with Crippen LogP contribution in [-0.2, 0) is 19.5 Å². The van der Waals surface area contributed by atoms with Gasteiger partial charge in [-0.25, -0.2) is 17.9 Å². The lowest BCUT2D eigenvalue weighted by molar-refractivity contribution is -0.130. The summed E-state index contributed by atoms with van der Waals surface area (Å²) >= 11 is 0. The Bertz CT molecular complexity index is 531. The second-order valence-electron chi connectivity index (χ2n) is 3.62. The molecule has 0 atom stereocenters. The molecular weight excluding hydrogens is 290 g/mol. The highest BCUT2D eigenvalue weighted by Gasteiger charge is 2.22. The number of sulfonamides is 1. The van der Waals surface area contributed by atoms with Crippen molar-refractivity contribution in [3.63, 3.8) is 0 Å². The molecule has 0 fully saturated rings. The molecule has 0 bridgehead atoms. The fourth-order valence-corrected chi connectivity index (χ4v) is 2.31. The van der Waals surface area contributed by atoms with Gasteiger partial charge in [-0.2, -0.15) is 0 Å². The van der Waals surface area contributed by atoms with Gasteiger partial charge in [-0.1, -0.05) is 0 Å². The largest absolute Gasteiger partial charge is 0.475 e. The molecule has 1 aromatic heterocycles. The van der Waals surface area contributed by atoms with E-state index in [0.717, 1.165) is 12.1 Å². The minimum atomic E-state index is -3.94. The Morgan fingerprint density at radius 2 is 1.95 bits per heavy atom. The molecule has 0 aromatic carbocycles. The van der Waals surface area contributed by atoms with E-state index in [1.807, 2.05) is 0 Å². The van der Waals surface area contributed by atoms with Crippen molar-refractivity contribution in [2.45, 2.75) is 25.2 Å². The summed E-state index contributed by atoms with van der Waals surface area (Å²) in [5.41, 5.74) is 0. The first-order valence-electron chi connectivity index (χ1n) is 5.96. The number of furan rings is 1. The molecule has 1 aromatic rings. The zero-order valence-electron chi connectivity index (χ0n) is 11.2.